The second kappa shape index (κ2) is 7.44. The number of hydrogen-bond acceptors (Lipinski definition) is 3. The number of carbonyl (C=O) groups is 2. The average Bonchev–Trinajstić information content (AvgIpc) is 2.55. The Morgan fingerprint density at radius 2 is 2.13 bits per heavy atom. The molecule has 23 heavy (non-hydrogen) atoms. The van der Waals surface area contributed by atoms with Crippen LogP contribution in [0.25, 0.3) is 0 Å². The van der Waals surface area contributed by atoms with E-state index in [4.69, 9.17) is 4.74 Å². The molecule has 6 heteroatoms. The lowest BCUT2D eigenvalue weighted by Gasteiger charge is -2.39. The highest BCUT2D eigenvalue weighted by Crippen LogP contribution is 2.22. The zero-order valence-electron chi connectivity index (χ0n) is 13.8. The van der Waals surface area contributed by atoms with E-state index in [-0.39, 0.29) is 23.1 Å². The zero-order chi connectivity index (χ0) is 17.0. The van der Waals surface area contributed by atoms with Crippen LogP contribution in [0.5, 0.6) is 5.75 Å². The van der Waals surface area contributed by atoms with Crippen LogP contribution in [0.15, 0.2) is 18.2 Å². The molecular weight excluding hydrogens is 299 g/mol. The molecule has 2 amide bonds. The van der Waals surface area contributed by atoms with Crippen molar-refractivity contribution in [2.45, 2.75) is 32.2 Å². The number of hydrogen-bond donors (Lipinski definition) is 0. The van der Waals surface area contributed by atoms with Crippen molar-refractivity contribution in [3.8, 4) is 5.75 Å². The van der Waals surface area contributed by atoms with Gasteiger partial charge in [-0.1, -0.05) is 19.8 Å². The van der Waals surface area contributed by atoms with E-state index in [9.17, 15) is 14.0 Å². The Hall–Kier alpha value is -2.11. The number of nitrogens with zero attached hydrogens (tertiary/aromatic N) is 2. The maximum absolute atomic E-state index is 13.8. The summed E-state index contributed by atoms with van der Waals surface area (Å²) in [4.78, 5) is 28.3. The molecule has 2 rings (SSSR count). The van der Waals surface area contributed by atoms with Crippen LogP contribution in [-0.4, -0.2) is 54.9 Å². The number of piperazine rings is 1. The maximum atomic E-state index is 13.8. The summed E-state index contributed by atoms with van der Waals surface area (Å²) in [5.41, 5.74) is 0.238. The SMILES string of the molecule is CCCC[C@@H]1C(=O)N(C)CCN1C(=O)c1ccc(OC)c(F)c1. The molecule has 0 radical (unpaired) electrons. The van der Waals surface area contributed by atoms with E-state index in [2.05, 4.69) is 0 Å². The van der Waals surface area contributed by atoms with Gasteiger partial charge in [-0.25, -0.2) is 4.39 Å². The van der Waals surface area contributed by atoms with Crippen LogP contribution in [0.2, 0.25) is 0 Å². The third-order valence-electron chi connectivity index (χ3n) is 4.20. The van der Waals surface area contributed by atoms with Gasteiger partial charge in [0.15, 0.2) is 11.6 Å². The lowest BCUT2D eigenvalue weighted by molar-refractivity contribution is -0.138. The molecule has 0 spiro atoms. The molecule has 1 aromatic rings. The number of unbranched alkanes of at least 4 members (excludes halogenated alkanes) is 1. The van der Waals surface area contributed by atoms with Crippen molar-refractivity contribution in [2.24, 2.45) is 0 Å². The highest BCUT2D eigenvalue weighted by Gasteiger charge is 2.35. The van der Waals surface area contributed by atoms with Crippen molar-refractivity contribution in [3.63, 3.8) is 0 Å². The van der Waals surface area contributed by atoms with Gasteiger partial charge in [-0.05, 0) is 24.6 Å². The minimum atomic E-state index is -0.580. The minimum Gasteiger partial charge on any atom is -0.494 e. The van der Waals surface area contributed by atoms with Gasteiger partial charge in [0.1, 0.15) is 6.04 Å². The molecule has 126 valence electrons. The van der Waals surface area contributed by atoms with E-state index in [0.29, 0.717) is 19.5 Å². The van der Waals surface area contributed by atoms with E-state index in [1.54, 1.807) is 16.8 Å². The van der Waals surface area contributed by atoms with Gasteiger partial charge in [-0.15, -0.1) is 0 Å². The smallest absolute Gasteiger partial charge is 0.254 e. The summed E-state index contributed by atoms with van der Waals surface area (Å²) >= 11 is 0. The largest absolute Gasteiger partial charge is 0.494 e. The highest BCUT2D eigenvalue weighted by molar-refractivity contribution is 5.98. The molecule has 0 aliphatic carbocycles. The van der Waals surface area contributed by atoms with Crippen LogP contribution in [0.3, 0.4) is 0 Å². The van der Waals surface area contributed by atoms with E-state index in [1.165, 1.54) is 25.3 Å². The summed E-state index contributed by atoms with van der Waals surface area (Å²) in [6, 6.07) is 3.66. The summed E-state index contributed by atoms with van der Waals surface area (Å²) in [6.45, 7) is 3.00. The molecule has 0 aromatic heterocycles. The predicted molar refractivity (Wildman–Crippen MR) is 84.9 cm³/mol. The van der Waals surface area contributed by atoms with Crippen LogP contribution in [0, 0.1) is 5.82 Å². The average molecular weight is 322 g/mol. The molecule has 0 bridgehead atoms. The van der Waals surface area contributed by atoms with Crippen molar-refractivity contribution in [3.05, 3.63) is 29.6 Å². The van der Waals surface area contributed by atoms with Crippen molar-refractivity contribution in [2.75, 3.05) is 27.2 Å². The van der Waals surface area contributed by atoms with Crippen molar-refractivity contribution in [1.82, 2.24) is 9.80 Å². The molecule has 1 fully saturated rings. The molecule has 1 aromatic carbocycles. The fourth-order valence-electron chi connectivity index (χ4n) is 2.80. The number of carbonyl (C=O) groups excluding carboxylic acids is 2. The molecule has 0 saturated carbocycles. The summed E-state index contributed by atoms with van der Waals surface area (Å²) in [6.07, 6.45) is 2.45. The first-order valence-corrected chi connectivity index (χ1v) is 7.89. The Morgan fingerprint density at radius 3 is 2.74 bits per heavy atom. The molecule has 1 saturated heterocycles. The summed E-state index contributed by atoms with van der Waals surface area (Å²) in [5.74, 6) is -0.844. The van der Waals surface area contributed by atoms with Crippen LogP contribution >= 0.6 is 0 Å². The van der Waals surface area contributed by atoms with E-state index >= 15 is 0 Å². The molecule has 0 N–H and O–H groups in total. The van der Waals surface area contributed by atoms with Crippen LogP contribution in [0.1, 0.15) is 36.5 Å². The monoisotopic (exact) mass is 322 g/mol. The fourth-order valence-corrected chi connectivity index (χ4v) is 2.80. The first-order valence-electron chi connectivity index (χ1n) is 7.89. The fraction of sp³-hybridized carbons (Fsp3) is 0.529. The zero-order valence-corrected chi connectivity index (χ0v) is 13.8. The second-order valence-electron chi connectivity index (χ2n) is 5.77. The van der Waals surface area contributed by atoms with Gasteiger partial charge in [0.25, 0.3) is 5.91 Å². The van der Waals surface area contributed by atoms with Crippen molar-refractivity contribution >= 4 is 11.8 Å². The Bertz CT molecular complexity index is 591. The van der Waals surface area contributed by atoms with Crippen LogP contribution in [0.4, 0.5) is 4.39 Å². The van der Waals surface area contributed by atoms with Gasteiger partial charge in [0.05, 0.1) is 7.11 Å². The predicted octanol–water partition coefficient (Wildman–Crippen LogP) is 2.31. The number of benzene rings is 1. The van der Waals surface area contributed by atoms with Gasteiger partial charge in [-0.3, -0.25) is 9.59 Å². The van der Waals surface area contributed by atoms with Crippen LogP contribution in [-0.2, 0) is 4.79 Å². The Balaban J connectivity index is 2.24. The van der Waals surface area contributed by atoms with Gasteiger partial charge in [-0.2, -0.15) is 0 Å². The number of rotatable bonds is 5. The Labute approximate surface area is 136 Å². The van der Waals surface area contributed by atoms with Gasteiger partial charge in [0, 0.05) is 25.7 Å². The molecule has 1 atom stereocenters. The second-order valence-corrected chi connectivity index (χ2v) is 5.77. The number of halogens is 1. The third-order valence-corrected chi connectivity index (χ3v) is 4.20. The lowest BCUT2D eigenvalue weighted by Crippen LogP contribution is -2.57. The quantitative estimate of drug-likeness (QED) is 0.836. The van der Waals surface area contributed by atoms with Crippen LogP contribution < -0.4 is 4.74 Å². The molecule has 0 unspecified atom stereocenters. The summed E-state index contributed by atoms with van der Waals surface area (Å²) in [5, 5.41) is 0. The molecule has 5 nitrogen and oxygen atoms in total. The topological polar surface area (TPSA) is 49.9 Å². The van der Waals surface area contributed by atoms with E-state index < -0.39 is 11.9 Å². The standard InChI is InChI=1S/C17H23FN2O3/c1-4-5-6-14-17(22)19(2)9-10-20(14)16(21)12-7-8-15(23-3)13(18)11-12/h7-8,11,14H,4-6,9-10H2,1-3H3/t14-/m1/s1. The number of methoxy groups -OCH3 is 1. The number of likely N-dealkylation sites (N-methyl/N-ethyl adjacent to an activating group) is 1. The van der Waals surface area contributed by atoms with Gasteiger partial charge >= 0.3 is 0 Å². The highest BCUT2D eigenvalue weighted by atomic mass is 19.1. The lowest BCUT2D eigenvalue weighted by atomic mass is 10.0. The first-order chi connectivity index (χ1) is 11.0. The first kappa shape index (κ1) is 17.2. The third kappa shape index (κ3) is 3.63. The molecular formula is C17H23FN2O3. The summed E-state index contributed by atoms with van der Waals surface area (Å²) < 4.78 is 18.7. The van der Waals surface area contributed by atoms with Gasteiger partial charge in [0.2, 0.25) is 5.91 Å². The minimum absolute atomic E-state index is 0.0490. The normalized spacial score (nSPS) is 18.3. The molecule has 1 heterocycles. The van der Waals surface area contributed by atoms with Crippen molar-refractivity contribution < 1.29 is 18.7 Å². The van der Waals surface area contributed by atoms with Crippen molar-refractivity contribution in [1.29, 1.82) is 0 Å². The maximum Gasteiger partial charge on any atom is 0.254 e. The Kier molecular flexibility index (Phi) is 5.58. The van der Waals surface area contributed by atoms with Gasteiger partial charge < -0.3 is 14.5 Å². The number of amides is 2. The number of ether oxygens (including phenoxy) is 1. The molecule has 1 aliphatic heterocycles. The summed E-state index contributed by atoms with van der Waals surface area (Å²) in [7, 11) is 3.12. The molecule has 1 aliphatic rings. The van der Waals surface area contributed by atoms with E-state index in [1.807, 2.05) is 6.92 Å². The van der Waals surface area contributed by atoms with E-state index in [0.717, 1.165) is 12.8 Å². The Morgan fingerprint density at radius 1 is 1.39 bits per heavy atom.